The third-order valence-electron chi connectivity index (χ3n) is 3.09. The lowest BCUT2D eigenvalue weighted by atomic mass is 10.0. The van der Waals surface area contributed by atoms with Crippen molar-refractivity contribution in [3.8, 4) is 11.4 Å². The molecule has 0 bridgehead atoms. The highest BCUT2D eigenvalue weighted by molar-refractivity contribution is 14.1. The van der Waals surface area contributed by atoms with Crippen molar-refractivity contribution in [2.45, 2.75) is 19.9 Å². The van der Waals surface area contributed by atoms with Gasteiger partial charge in [0.1, 0.15) is 0 Å². The second kappa shape index (κ2) is 5.64. The minimum atomic E-state index is -0.864. The summed E-state index contributed by atoms with van der Waals surface area (Å²) in [7, 11) is 0. The maximum Gasteiger partial charge on any atom is 0.308 e. The molecule has 1 aromatic carbocycles. The Kier molecular flexibility index (Phi) is 4.13. The van der Waals surface area contributed by atoms with E-state index in [9.17, 15) is 4.79 Å². The zero-order valence-electron chi connectivity index (χ0n) is 10.5. The number of aromatic nitrogens is 4. The standard InChI is InChI=1S/C12H13IN4O2/c1-7(12(18)19)8(2)17-11(14-15-16-17)9-3-5-10(13)6-4-9/h3-8H,1-2H3,(H,18,19). The number of carboxylic acids is 1. The van der Waals surface area contributed by atoms with E-state index in [1.54, 1.807) is 18.5 Å². The second-order valence-electron chi connectivity index (χ2n) is 4.32. The van der Waals surface area contributed by atoms with E-state index in [1.807, 2.05) is 24.3 Å². The third kappa shape index (κ3) is 2.91. The van der Waals surface area contributed by atoms with Gasteiger partial charge in [-0.15, -0.1) is 5.10 Å². The van der Waals surface area contributed by atoms with Gasteiger partial charge in [0, 0.05) is 9.13 Å². The summed E-state index contributed by atoms with van der Waals surface area (Å²) in [5.74, 6) is -0.848. The van der Waals surface area contributed by atoms with Gasteiger partial charge in [0.25, 0.3) is 0 Å². The van der Waals surface area contributed by atoms with Crippen LogP contribution in [0.15, 0.2) is 24.3 Å². The van der Waals surface area contributed by atoms with Crippen LogP contribution in [0.5, 0.6) is 0 Å². The zero-order chi connectivity index (χ0) is 14.0. The predicted octanol–water partition coefficient (Wildman–Crippen LogP) is 2.23. The number of carbonyl (C=O) groups is 1. The molecule has 1 aromatic heterocycles. The van der Waals surface area contributed by atoms with Crippen LogP contribution in [0.2, 0.25) is 0 Å². The van der Waals surface area contributed by atoms with Crippen molar-refractivity contribution in [1.82, 2.24) is 20.2 Å². The lowest BCUT2D eigenvalue weighted by Gasteiger charge is -2.17. The number of aliphatic carboxylic acids is 1. The summed E-state index contributed by atoms with van der Waals surface area (Å²) in [6.07, 6.45) is 0. The summed E-state index contributed by atoms with van der Waals surface area (Å²) in [5, 5.41) is 20.6. The number of hydrogen-bond acceptors (Lipinski definition) is 4. The molecule has 2 rings (SSSR count). The van der Waals surface area contributed by atoms with E-state index >= 15 is 0 Å². The number of hydrogen-bond donors (Lipinski definition) is 1. The lowest BCUT2D eigenvalue weighted by Crippen LogP contribution is -2.23. The quantitative estimate of drug-likeness (QED) is 0.833. The lowest BCUT2D eigenvalue weighted by molar-refractivity contribution is -0.142. The van der Waals surface area contributed by atoms with Gasteiger partial charge < -0.3 is 5.11 Å². The second-order valence-corrected chi connectivity index (χ2v) is 5.57. The first-order valence-electron chi connectivity index (χ1n) is 5.77. The highest BCUT2D eigenvalue weighted by Crippen LogP contribution is 2.24. The molecule has 100 valence electrons. The number of nitrogens with zero attached hydrogens (tertiary/aromatic N) is 4. The monoisotopic (exact) mass is 372 g/mol. The summed E-state index contributed by atoms with van der Waals surface area (Å²) in [6.45, 7) is 3.44. The molecule has 2 aromatic rings. The fraction of sp³-hybridized carbons (Fsp3) is 0.333. The molecule has 2 atom stereocenters. The van der Waals surface area contributed by atoms with E-state index in [4.69, 9.17) is 5.11 Å². The first kappa shape index (κ1) is 13.9. The molecule has 1 heterocycles. The topological polar surface area (TPSA) is 80.9 Å². The first-order chi connectivity index (χ1) is 9.00. The van der Waals surface area contributed by atoms with E-state index < -0.39 is 11.9 Å². The van der Waals surface area contributed by atoms with Crippen molar-refractivity contribution < 1.29 is 9.90 Å². The third-order valence-corrected chi connectivity index (χ3v) is 3.81. The van der Waals surface area contributed by atoms with Crippen LogP contribution in [0, 0.1) is 9.49 Å². The predicted molar refractivity (Wildman–Crippen MR) is 77.5 cm³/mol. The van der Waals surface area contributed by atoms with Crippen LogP contribution in [0.1, 0.15) is 19.9 Å². The summed E-state index contributed by atoms with van der Waals surface area (Å²) in [5.41, 5.74) is 0.870. The number of halogens is 1. The number of carboxylic acid groups (broad SMARTS) is 1. The van der Waals surface area contributed by atoms with E-state index in [1.165, 1.54) is 0 Å². The molecule has 0 saturated heterocycles. The molecular formula is C12H13IN4O2. The van der Waals surface area contributed by atoms with Crippen molar-refractivity contribution in [3.05, 3.63) is 27.8 Å². The Hall–Kier alpha value is -1.51. The van der Waals surface area contributed by atoms with Crippen molar-refractivity contribution in [3.63, 3.8) is 0 Å². The van der Waals surface area contributed by atoms with E-state index in [-0.39, 0.29) is 6.04 Å². The highest BCUT2D eigenvalue weighted by Gasteiger charge is 2.24. The highest BCUT2D eigenvalue weighted by atomic mass is 127. The fourth-order valence-corrected chi connectivity index (χ4v) is 2.03. The molecule has 19 heavy (non-hydrogen) atoms. The molecular weight excluding hydrogens is 359 g/mol. The van der Waals surface area contributed by atoms with Crippen molar-refractivity contribution >= 4 is 28.6 Å². The van der Waals surface area contributed by atoms with Crippen LogP contribution in [0.3, 0.4) is 0 Å². The van der Waals surface area contributed by atoms with Crippen molar-refractivity contribution in [1.29, 1.82) is 0 Å². The van der Waals surface area contributed by atoms with Gasteiger partial charge in [-0.2, -0.15) is 0 Å². The average Bonchev–Trinajstić information content (AvgIpc) is 2.87. The molecule has 0 radical (unpaired) electrons. The van der Waals surface area contributed by atoms with Gasteiger partial charge in [0.15, 0.2) is 5.82 Å². The van der Waals surface area contributed by atoms with Gasteiger partial charge in [0.05, 0.1) is 12.0 Å². The molecule has 0 aliphatic carbocycles. The minimum Gasteiger partial charge on any atom is -0.481 e. The molecule has 6 nitrogen and oxygen atoms in total. The molecule has 1 N–H and O–H groups in total. The number of benzene rings is 1. The number of tetrazole rings is 1. The summed E-state index contributed by atoms with van der Waals surface area (Å²) >= 11 is 2.22. The van der Waals surface area contributed by atoms with Crippen LogP contribution < -0.4 is 0 Å². The summed E-state index contributed by atoms with van der Waals surface area (Å²) in [6, 6.07) is 7.44. The van der Waals surface area contributed by atoms with Gasteiger partial charge in [-0.05, 0) is 59.0 Å². The van der Waals surface area contributed by atoms with Crippen LogP contribution in [-0.4, -0.2) is 31.3 Å². The average molecular weight is 372 g/mol. The Balaban J connectivity index is 2.37. The summed E-state index contributed by atoms with van der Waals surface area (Å²) < 4.78 is 2.67. The molecule has 0 amide bonds. The van der Waals surface area contributed by atoms with Gasteiger partial charge in [-0.1, -0.05) is 12.1 Å². The van der Waals surface area contributed by atoms with Gasteiger partial charge in [-0.3, -0.25) is 4.79 Å². The SMILES string of the molecule is CC(C(=O)O)C(C)n1nnnc1-c1ccc(I)cc1. The Morgan fingerprint density at radius 3 is 2.53 bits per heavy atom. The van der Waals surface area contributed by atoms with E-state index in [0.717, 1.165) is 9.13 Å². The Labute approximate surface area is 124 Å². The normalized spacial score (nSPS) is 14.1. The Bertz CT molecular complexity index is 582. The maximum atomic E-state index is 11.0. The molecule has 2 unspecified atom stereocenters. The molecule has 0 fully saturated rings. The largest absolute Gasteiger partial charge is 0.481 e. The van der Waals surface area contributed by atoms with Gasteiger partial charge in [0.2, 0.25) is 0 Å². The molecule has 7 heteroatoms. The van der Waals surface area contributed by atoms with E-state index in [0.29, 0.717) is 5.82 Å². The Morgan fingerprint density at radius 1 is 1.32 bits per heavy atom. The zero-order valence-corrected chi connectivity index (χ0v) is 12.6. The van der Waals surface area contributed by atoms with Crippen molar-refractivity contribution in [2.75, 3.05) is 0 Å². The maximum absolute atomic E-state index is 11.0. The summed E-state index contributed by atoms with van der Waals surface area (Å²) in [4.78, 5) is 11.0. The number of rotatable bonds is 4. The van der Waals surface area contributed by atoms with Crippen LogP contribution in [-0.2, 0) is 4.79 Å². The minimum absolute atomic E-state index is 0.318. The van der Waals surface area contributed by atoms with Gasteiger partial charge >= 0.3 is 5.97 Å². The van der Waals surface area contributed by atoms with Crippen LogP contribution >= 0.6 is 22.6 Å². The van der Waals surface area contributed by atoms with Gasteiger partial charge in [-0.25, -0.2) is 4.68 Å². The molecule has 0 spiro atoms. The first-order valence-corrected chi connectivity index (χ1v) is 6.85. The molecule has 0 aliphatic rings. The molecule has 0 aliphatic heterocycles. The van der Waals surface area contributed by atoms with E-state index in [2.05, 4.69) is 38.1 Å². The smallest absolute Gasteiger partial charge is 0.308 e. The van der Waals surface area contributed by atoms with Crippen molar-refractivity contribution in [2.24, 2.45) is 5.92 Å². The van der Waals surface area contributed by atoms with Crippen LogP contribution in [0.4, 0.5) is 0 Å². The Morgan fingerprint density at radius 2 is 1.95 bits per heavy atom. The fourth-order valence-electron chi connectivity index (χ4n) is 1.68. The van der Waals surface area contributed by atoms with Crippen LogP contribution in [0.25, 0.3) is 11.4 Å². The molecule has 0 saturated carbocycles.